The Bertz CT molecular complexity index is 1350. The lowest BCUT2D eigenvalue weighted by molar-refractivity contribution is -0.133. The van der Waals surface area contributed by atoms with Crippen LogP contribution in [0.5, 0.6) is 0 Å². The van der Waals surface area contributed by atoms with E-state index >= 15 is 0 Å². The molecule has 1 atom stereocenters. The lowest BCUT2D eigenvalue weighted by Crippen LogP contribution is -2.64. The van der Waals surface area contributed by atoms with E-state index in [1.165, 1.54) is 18.5 Å². The zero-order valence-corrected chi connectivity index (χ0v) is 20.4. The molecule has 3 amide bonds. The second kappa shape index (κ2) is 9.39. The third-order valence-electron chi connectivity index (χ3n) is 6.62. The summed E-state index contributed by atoms with van der Waals surface area (Å²) in [6.07, 6.45) is 2.98. The zero-order chi connectivity index (χ0) is 25.4. The van der Waals surface area contributed by atoms with Crippen molar-refractivity contribution < 1.29 is 18.8 Å². The van der Waals surface area contributed by atoms with Gasteiger partial charge in [0.2, 0.25) is 5.91 Å². The molecule has 186 valence electrons. The van der Waals surface area contributed by atoms with Gasteiger partial charge in [0.25, 0.3) is 11.8 Å². The van der Waals surface area contributed by atoms with Crippen molar-refractivity contribution in [1.29, 1.82) is 0 Å². The van der Waals surface area contributed by atoms with E-state index in [0.29, 0.717) is 10.6 Å². The molecule has 1 fully saturated rings. The van der Waals surface area contributed by atoms with Crippen LogP contribution in [0.25, 0.3) is 0 Å². The highest BCUT2D eigenvalue weighted by Crippen LogP contribution is 2.39. The Balaban J connectivity index is 1.37. The standard InChI is InChI=1S/C26H25ClFN5O3/c1-26(25(36)30-13-17-6-2-3-8-20(17)27)14-32-15-31-21(22(32)24(35)33(26)19-9-10-19)23(34)29-12-16-5-4-7-18(28)11-16/h2-8,11,15,19H,9-10,12-14H2,1H3,(H,29,34)(H,30,36)/t26-/m1/s1. The summed E-state index contributed by atoms with van der Waals surface area (Å²) in [5.74, 6) is -1.65. The van der Waals surface area contributed by atoms with E-state index in [4.69, 9.17) is 11.6 Å². The van der Waals surface area contributed by atoms with Crippen LogP contribution in [0.3, 0.4) is 0 Å². The highest BCUT2D eigenvalue weighted by Gasteiger charge is 2.53. The Morgan fingerprint density at radius 2 is 1.92 bits per heavy atom. The number of nitrogens with one attached hydrogen (secondary N) is 2. The van der Waals surface area contributed by atoms with Gasteiger partial charge < -0.3 is 20.1 Å². The van der Waals surface area contributed by atoms with Crippen molar-refractivity contribution in [2.24, 2.45) is 0 Å². The topological polar surface area (TPSA) is 96.3 Å². The predicted octanol–water partition coefficient (Wildman–Crippen LogP) is 3.30. The molecule has 0 unspecified atom stereocenters. The monoisotopic (exact) mass is 509 g/mol. The molecule has 1 aliphatic heterocycles. The smallest absolute Gasteiger partial charge is 0.274 e. The van der Waals surface area contributed by atoms with Gasteiger partial charge in [-0.05, 0) is 49.1 Å². The van der Waals surface area contributed by atoms with Crippen molar-refractivity contribution >= 4 is 29.3 Å². The van der Waals surface area contributed by atoms with Crippen molar-refractivity contribution in [2.45, 2.75) is 51.0 Å². The minimum Gasteiger partial charge on any atom is -0.350 e. The third-order valence-corrected chi connectivity index (χ3v) is 6.99. The number of carbonyl (C=O) groups excluding carboxylic acids is 3. The summed E-state index contributed by atoms with van der Waals surface area (Å²) >= 11 is 6.23. The largest absolute Gasteiger partial charge is 0.350 e. The van der Waals surface area contributed by atoms with Crippen molar-refractivity contribution in [3.8, 4) is 0 Å². The predicted molar refractivity (Wildman–Crippen MR) is 131 cm³/mol. The molecular weight excluding hydrogens is 485 g/mol. The number of halogens is 2. The van der Waals surface area contributed by atoms with Crippen LogP contribution in [0.15, 0.2) is 54.9 Å². The fourth-order valence-corrected chi connectivity index (χ4v) is 4.84. The van der Waals surface area contributed by atoms with E-state index < -0.39 is 23.2 Å². The average Bonchev–Trinajstić information content (AvgIpc) is 3.59. The molecule has 2 aromatic carbocycles. The summed E-state index contributed by atoms with van der Waals surface area (Å²) in [6.45, 7) is 2.21. The van der Waals surface area contributed by atoms with Gasteiger partial charge in [0.1, 0.15) is 17.1 Å². The normalized spacial score (nSPS) is 19.1. The van der Waals surface area contributed by atoms with Gasteiger partial charge in [0, 0.05) is 24.2 Å². The lowest BCUT2D eigenvalue weighted by Gasteiger charge is -2.44. The first-order valence-electron chi connectivity index (χ1n) is 11.7. The Morgan fingerprint density at radius 3 is 2.64 bits per heavy atom. The molecule has 0 spiro atoms. The number of hydrogen-bond acceptors (Lipinski definition) is 4. The molecule has 36 heavy (non-hydrogen) atoms. The molecule has 8 nitrogen and oxygen atoms in total. The van der Waals surface area contributed by atoms with Crippen LogP contribution >= 0.6 is 11.6 Å². The number of aromatic nitrogens is 2. The van der Waals surface area contributed by atoms with Gasteiger partial charge in [0.05, 0.1) is 12.9 Å². The van der Waals surface area contributed by atoms with Crippen LogP contribution < -0.4 is 10.6 Å². The molecule has 1 saturated carbocycles. The van der Waals surface area contributed by atoms with E-state index in [9.17, 15) is 18.8 Å². The van der Waals surface area contributed by atoms with Gasteiger partial charge in [-0.3, -0.25) is 14.4 Å². The second-order valence-electron chi connectivity index (χ2n) is 9.34. The summed E-state index contributed by atoms with van der Waals surface area (Å²) in [7, 11) is 0. The molecule has 0 radical (unpaired) electrons. The lowest BCUT2D eigenvalue weighted by atomic mass is 9.93. The van der Waals surface area contributed by atoms with Crippen LogP contribution in [0.2, 0.25) is 5.02 Å². The maximum absolute atomic E-state index is 13.7. The van der Waals surface area contributed by atoms with Crippen molar-refractivity contribution in [3.63, 3.8) is 0 Å². The van der Waals surface area contributed by atoms with Gasteiger partial charge >= 0.3 is 0 Å². The third kappa shape index (κ3) is 4.46. The first-order valence-corrected chi connectivity index (χ1v) is 12.1. The summed E-state index contributed by atoms with van der Waals surface area (Å²) in [4.78, 5) is 45.8. The quantitative estimate of drug-likeness (QED) is 0.511. The fraction of sp³-hybridized carbons (Fsp3) is 0.308. The molecule has 1 aromatic heterocycles. The fourth-order valence-electron chi connectivity index (χ4n) is 4.64. The number of amides is 3. The molecule has 2 N–H and O–H groups in total. The molecule has 1 aliphatic carbocycles. The number of imidazole rings is 1. The minimum absolute atomic E-state index is 0.0134. The van der Waals surface area contributed by atoms with E-state index in [1.54, 1.807) is 34.6 Å². The number of carbonyl (C=O) groups is 3. The number of nitrogens with zero attached hydrogens (tertiary/aromatic N) is 3. The van der Waals surface area contributed by atoms with Crippen molar-refractivity contribution in [1.82, 2.24) is 25.1 Å². The summed E-state index contributed by atoms with van der Waals surface area (Å²) in [5.41, 5.74) is 0.334. The van der Waals surface area contributed by atoms with Crippen molar-refractivity contribution in [2.75, 3.05) is 0 Å². The second-order valence-corrected chi connectivity index (χ2v) is 9.74. The van der Waals surface area contributed by atoms with E-state index in [-0.39, 0.29) is 43.0 Å². The Hall–Kier alpha value is -3.72. The van der Waals surface area contributed by atoms with Gasteiger partial charge in [-0.2, -0.15) is 0 Å². The summed E-state index contributed by atoms with van der Waals surface area (Å²) in [5, 5.41) is 6.18. The minimum atomic E-state index is -1.16. The van der Waals surface area contributed by atoms with Gasteiger partial charge in [0.15, 0.2) is 5.69 Å². The Kier molecular flexibility index (Phi) is 6.26. The Labute approximate surface area is 212 Å². The van der Waals surface area contributed by atoms with Crippen LogP contribution in [-0.2, 0) is 24.4 Å². The van der Waals surface area contributed by atoms with Gasteiger partial charge in [-0.1, -0.05) is 41.9 Å². The molecular formula is C26H25ClFN5O3. The van der Waals surface area contributed by atoms with Crippen LogP contribution in [-0.4, -0.2) is 43.8 Å². The maximum Gasteiger partial charge on any atom is 0.274 e. The van der Waals surface area contributed by atoms with Crippen LogP contribution in [0, 0.1) is 5.82 Å². The molecule has 0 bridgehead atoms. The molecule has 2 heterocycles. The van der Waals surface area contributed by atoms with Gasteiger partial charge in [-0.25, -0.2) is 9.37 Å². The highest BCUT2D eigenvalue weighted by atomic mass is 35.5. The van der Waals surface area contributed by atoms with E-state index in [0.717, 1.165) is 18.4 Å². The molecule has 2 aliphatic rings. The Morgan fingerprint density at radius 1 is 1.14 bits per heavy atom. The SMILES string of the molecule is C[C@]1(C(=O)NCc2ccccc2Cl)Cn2cnc(C(=O)NCc3cccc(F)c3)c2C(=O)N1C1CC1. The number of benzene rings is 2. The van der Waals surface area contributed by atoms with Gasteiger partial charge in [-0.15, -0.1) is 0 Å². The zero-order valence-electron chi connectivity index (χ0n) is 19.6. The molecule has 10 heteroatoms. The van der Waals surface area contributed by atoms with Crippen molar-refractivity contribution in [3.05, 3.63) is 88.2 Å². The number of rotatable bonds is 7. The van der Waals surface area contributed by atoms with Crippen LogP contribution in [0.4, 0.5) is 4.39 Å². The summed E-state index contributed by atoms with van der Waals surface area (Å²) < 4.78 is 15.0. The van der Waals surface area contributed by atoms with Crippen LogP contribution in [0.1, 0.15) is 51.9 Å². The highest BCUT2D eigenvalue weighted by molar-refractivity contribution is 6.31. The first kappa shape index (κ1) is 24.0. The van der Waals surface area contributed by atoms with E-state index in [1.807, 2.05) is 18.2 Å². The number of hydrogen-bond donors (Lipinski definition) is 2. The molecule has 5 rings (SSSR count). The molecule has 0 saturated heterocycles. The van der Waals surface area contributed by atoms with E-state index in [2.05, 4.69) is 15.6 Å². The molecule has 3 aromatic rings. The maximum atomic E-state index is 13.7. The number of fused-ring (bicyclic) bond motifs is 1. The average molecular weight is 510 g/mol. The first-order chi connectivity index (χ1) is 17.3. The summed E-state index contributed by atoms with van der Waals surface area (Å²) in [6, 6.07) is 13.1.